The molecule has 0 saturated carbocycles. The normalized spacial score (nSPS) is 19.5. The molecular weight excluding hydrogens is 240 g/mol. The van der Waals surface area contributed by atoms with Crippen molar-refractivity contribution in [3.8, 4) is 0 Å². The summed E-state index contributed by atoms with van der Waals surface area (Å²) in [6.07, 6.45) is 6.13. The summed E-state index contributed by atoms with van der Waals surface area (Å²) < 4.78 is 0. The Balaban J connectivity index is 2.16. The number of hydrogen-bond acceptors (Lipinski definition) is 2. The number of allylic oxidation sites excluding steroid dienone is 4. The molecule has 0 amide bonds. The molecule has 2 aliphatic rings. The van der Waals surface area contributed by atoms with Gasteiger partial charge < -0.3 is 0 Å². The molecule has 18 heavy (non-hydrogen) atoms. The smallest absolute Gasteiger partial charge is 0.168 e. The molecule has 1 aromatic carbocycles. The first-order chi connectivity index (χ1) is 8.81. The van der Waals surface area contributed by atoms with Crippen LogP contribution in [0, 0.1) is 0 Å². The monoisotopic (exact) mass is 256 g/mol. The lowest BCUT2D eigenvalue weighted by Crippen LogP contribution is -1.98. The Labute approximate surface area is 112 Å². The van der Waals surface area contributed by atoms with Crippen LogP contribution in [0.1, 0.15) is 31.2 Å². The zero-order valence-corrected chi connectivity index (χ0v) is 11.3. The predicted molar refractivity (Wildman–Crippen MR) is 77.4 cm³/mol. The third kappa shape index (κ3) is 1.85. The molecule has 0 spiro atoms. The van der Waals surface area contributed by atoms with E-state index in [4.69, 9.17) is 0 Å². The molecule has 0 N–H and O–H groups in total. The lowest BCUT2D eigenvalue weighted by Gasteiger charge is -2.18. The Morgan fingerprint density at radius 2 is 1.83 bits per heavy atom. The third-order valence-corrected chi connectivity index (χ3v) is 4.70. The minimum absolute atomic E-state index is 0.305. The van der Waals surface area contributed by atoms with Crippen LogP contribution in [0.25, 0.3) is 5.57 Å². The maximum absolute atomic E-state index is 12.3. The number of carbonyl (C=O) groups is 1. The fraction of sp³-hybridized carbons (Fsp3) is 0.312. The molecule has 0 saturated heterocycles. The van der Waals surface area contributed by atoms with Crippen LogP contribution >= 0.6 is 11.8 Å². The second-order valence-electron chi connectivity index (χ2n) is 4.78. The third-order valence-electron chi connectivity index (χ3n) is 3.76. The van der Waals surface area contributed by atoms with Gasteiger partial charge in [-0.15, -0.1) is 11.8 Å². The van der Waals surface area contributed by atoms with E-state index in [0.717, 1.165) is 24.0 Å². The van der Waals surface area contributed by atoms with E-state index < -0.39 is 0 Å². The number of fused-ring (bicyclic) bond motifs is 1. The van der Waals surface area contributed by atoms with Gasteiger partial charge in [0.2, 0.25) is 0 Å². The zero-order chi connectivity index (χ0) is 12.5. The quantitative estimate of drug-likeness (QED) is 0.788. The lowest BCUT2D eigenvalue weighted by atomic mass is 9.92. The molecule has 0 unspecified atom stereocenters. The predicted octanol–water partition coefficient (Wildman–Crippen LogP) is 4.21. The summed E-state index contributed by atoms with van der Waals surface area (Å²) >= 11 is 1.81. The molecule has 0 aliphatic heterocycles. The summed E-state index contributed by atoms with van der Waals surface area (Å²) in [6.45, 7) is 0. The molecule has 0 atom stereocenters. The number of benzene rings is 1. The average molecular weight is 256 g/mol. The fourth-order valence-corrected chi connectivity index (χ4v) is 3.75. The van der Waals surface area contributed by atoms with Crippen LogP contribution in [-0.4, -0.2) is 12.0 Å². The van der Waals surface area contributed by atoms with Gasteiger partial charge in [0.1, 0.15) is 0 Å². The van der Waals surface area contributed by atoms with Crippen LogP contribution in [0.15, 0.2) is 46.4 Å². The van der Waals surface area contributed by atoms with Gasteiger partial charge in [-0.3, -0.25) is 4.79 Å². The summed E-state index contributed by atoms with van der Waals surface area (Å²) in [6, 6.07) is 10.1. The molecule has 0 heterocycles. The van der Waals surface area contributed by atoms with Crippen molar-refractivity contribution in [1.29, 1.82) is 0 Å². The van der Waals surface area contributed by atoms with E-state index in [2.05, 4.69) is 18.4 Å². The standard InChI is InChI=1S/C16H16OS/c1-18-15-9-5-8-12-13(15)10-14(17)16(12)11-6-3-2-4-7-11/h2-4,6-7H,5,8-10H2,1H3. The van der Waals surface area contributed by atoms with E-state index in [1.165, 1.54) is 22.5 Å². The highest BCUT2D eigenvalue weighted by Gasteiger charge is 2.31. The summed E-state index contributed by atoms with van der Waals surface area (Å²) in [5.74, 6) is 0.305. The van der Waals surface area contributed by atoms with Gasteiger partial charge in [0, 0.05) is 12.0 Å². The Kier molecular flexibility index (Phi) is 3.13. The van der Waals surface area contributed by atoms with Crippen molar-refractivity contribution in [3.63, 3.8) is 0 Å². The van der Waals surface area contributed by atoms with Crippen LogP contribution < -0.4 is 0 Å². The van der Waals surface area contributed by atoms with E-state index in [9.17, 15) is 4.79 Å². The van der Waals surface area contributed by atoms with Gasteiger partial charge in [0.15, 0.2) is 5.78 Å². The second kappa shape index (κ2) is 4.77. The summed E-state index contributed by atoms with van der Waals surface area (Å²) in [7, 11) is 0. The van der Waals surface area contributed by atoms with Crippen LogP contribution in [0.2, 0.25) is 0 Å². The zero-order valence-electron chi connectivity index (χ0n) is 10.5. The number of rotatable bonds is 2. The van der Waals surface area contributed by atoms with Crippen molar-refractivity contribution in [2.75, 3.05) is 6.26 Å². The van der Waals surface area contributed by atoms with Crippen LogP contribution in [0.5, 0.6) is 0 Å². The summed E-state index contributed by atoms with van der Waals surface area (Å²) in [5, 5.41) is 0. The van der Waals surface area contributed by atoms with Crippen LogP contribution in [-0.2, 0) is 4.79 Å². The Hall–Kier alpha value is -1.28. The summed E-state index contributed by atoms with van der Waals surface area (Å²) in [4.78, 5) is 13.7. The first-order valence-corrected chi connectivity index (χ1v) is 7.62. The number of Topliss-reactive ketones (excluding diaryl/α,β-unsaturated/α-hetero) is 1. The minimum Gasteiger partial charge on any atom is -0.294 e. The van der Waals surface area contributed by atoms with Gasteiger partial charge in [-0.2, -0.15) is 0 Å². The van der Waals surface area contributed by atoms with Gasteiger partial charge in [0.25, 0.3) is 0 Å². The highest BCUT2D eigenvalue weighted by molar-refractivity contribution is 8.02. The minimum atomic E-state index is 0.305. The molecule has 2 aliphatic carbocycles. The molecule has 3 rings (SSSR count). The second-order valence-corrected chi connectivity index (χ2v) is 5.68. The number of ketones is 1. The van der Waals surface area contributed by atoms with E-state index in [1.54, 1.807) is 0 Å². The fourth-order valence-electron chi connectivity index (χ4n) is 2.96. The lowest BCUT2D eigenvalue weighted by molar-refractivity contribution is -0.112. The van der Waals surface area contributed by atoms with Crippen molar-refractivity contribution in [3.05, 3.63) is 51.9 Å². The molecule has 2 heteroatoms. The number of thioether (sulfide) groups is 1. The van der Waals surface area contributed by atoms with Crippen LogP contribution in [0.4, 0.5) is 0 Å². The molecule has 1 aromatic rings. The number of hydrogen-bond donors (Lipinski definition) is 0. The van der Waals surface area contributed by atoms with Crippen molar-refractivity contribution >= 4 is 23.1 Å². The van der Waals surface area contributed by atoms with E-state index in [0.29, 0.717) is 12.2 Å². The van der Waals surface area contributed by atoms with E-state index in [-0.39, 0.29) is 0 Å². The van der Waals surface area contributed by atoms with E-state index in [1.807, 2.05) is 30.0 Å². The molecule has 1 nitrogen and oxygen atoms in total. The Morgan fingerprint density at radius 3 is 2.56 bits per heavy atom. The van der Waals surface area contributed by atoms with Gasteiger partial charge in [-0.25, -0.2) is 0 Å². The van der Waals surface area contributed by atoms with Crippen molar-refractivity contribution in [2.24, 2.45) is 0 Å². The SMILES string of the molecule is CSC1=C2CC(=O)C(c3ccccc3)=C2CCC1. The molecule has 92 valence electrons. The first kappa shape index (κ1) is 11.8. The molecular formula is C16H16OS. The van der Waals surface area contributed by atoms with Gasteiger partial charge in [0.05, 0.1) is 0 Å². The van der Waals surface area contributed by atoms with Gasteiger partial charge >= 0.3 is 0 Å². The first-order valence-electron chi connectivity index (χ1n) is 6.39. The Morgan fingerprint density at radius 1 is 1.06 bits per heavy atom. The maximum Gasteiger partial charge on any atom is 0.168 e. The van der Waals surface area contributed by atoms with Gasteiger partial charge in [-0.05, 0) is 47.1 Å². The summed E-state index contributed by atoms with van der Waals surface area (Å²) in [5.41, 5.74) is 4.73. The molecule has 0 bridgehead atoms. The largest absolute Gasteiger partial charge is 0.294 e. The average Bonchev–Trinajstić information content (AvgIpc) is 2.75. The van der Waals surface area contributed by atoms with Crippen molar-refractivity contribution in [2.45, 2.75) is 25.7 Å². The highest BCUT2D eigenvalue weighted by Crippen LogP contribution is 2.45. The maximum atomic E-state index is 12.3. The van der Waals surface area contributed by atoms with Crippen molar-refractivity contribution in [1.82, 2.24) is 0 Å². The highest BCUT2D eigenvalue weighted by atomic mass is 32.2. The van der Waals surface area contributed by atoms with Crippen LogP contribution in [0.3, 0.4) is 0 Å². The van der Waals surface area contributed by atoms with Crippen molar-refractivity contribution < 1.29 is 4.79 Å². The molecule has 0 fully saturated rings. The Bertz CT molecular complexity index is 552. The van der Waals surface area contributed by atoms with Gasteiger partial charge in [-0.1, -0.05) is 30.3 Å². The van der Waals surface area contributed by atoms with E-state index >= 15 is 0 Å². The number of carbonyl (C=O) groups excluding carboxylic acids is 1. The molecule has 0 aromatic heterocycles. The molecule has 0 radical (unpaired) electrons. The topological polar surface area (TPSA) is 17.1 Å².